The second kappa shape index (κ2) is 7.40. The lowest BCUT2D eigenvalue weighted by molar-refractivity contribution is -0.111. The third-order valence-electron chi connectivity index (χ3n) is 3.61. The molecule has 1 fully saturated rings. The third-order valence-corrected chi connectivity index (χ3v) is 4.37. The molecule has 0 bridgehead atoms. The molecule has 3 rings (SSSR count). The van der Waals surface area contributed by atoms with Gasteiger partial charge in [0.1, 0.15) is 5.69 Å². The van der Waals surface area contributed by atoms with Crippen molar-refractivity contribution in [2.24, 2.45) is 0 Å². The van der Waals surface area contributed by atoms with Gasteiger partial charge in [-0.15, -0.1) is 11.3 Å². The fourth-order valence-electron chi connectivity index (χ4n) is 2.05. The number of Topliss-reactive ketones (excluding diaryl/α,β-unsaturated/α-hetero) is 1. The zero-order valence-corrected chi connectivity index (χ0v) is 14.4. The van der Waals surface area contributed by atoms with Crippen molar-refractivity contribution in [1.29, 1.82) is 0 Å². The molecular formula is C18H17N3O3S. The number of carbonyl (C=O) groups is 3. The van der Waals surface area contributed by atoms with Crippen molar-refractivity contribution in [2.75, 3.05) is 5.32 Å². The first-order chi connectivity index (χ1) is 12.0. The van der Waals surface area contributed by atoms with E-state index in [0.29, 0.717) is 22.4 Å². The van der Waals surface area contributed by atoms with Crippen LogP contribution in [-0.4, -0.2) is 28.6 Å². The lowest BCUT2D eigenvalue weighted by atomic mass is 10.1. The number of nitrogens with zero attached hydrogens (tertiary/aromatic N) is 1. The molecule has 128 valence electrons. The Bertz CT molecular complexity index is 836. The summed E-state index contributed by atoms with van der Waals surface area (Å²) in [5, 5.41) is 7.52. The Morgan fingerprint density at radius 3 is 2.52 bits per heavy atom. The largest absolute Gasteiger partial charge is 0.349 e. The Morgan fingerprint density at radius 2 is 1.92 bits per heavy atom. The molecule has 2 amide bonds. The van der Waals surface area contributed by atoms with E-state index < -0.39 is 0 Å². The summed E-state index contributed by atoms with van der Waals surface area (Å²) in [5.41, 5.74) is 1.75. The van der Waals surface area contributed by atoms with Crippen molar-refractivity contribution in [3.63, 3.8) is 0 Å². The first-order valence-electron chi connectivity index (χ1n) is 7.88. The van der Waals surface area contributed by atoms with E-state index in [2.05, 4.69) is 15.6 Å². The molecule has 0 unspecified atom stereocenters. The quantitative estimate of drug-likeness (QED) is 0.616. The lowest BCUT2D eigenvalue weighted by Crippen LogP contribution is -2.25. The summed E-state index contributed by atoms with van der Waals surface area (Å²) in [4.78, 5) is 39.0. The van der Waals surface area contributed by atoms with Gasteiger partial charge in [-0.05, 0) is 36.6 Å². The molecule has 1 aliphatic rings. The molecule has 2 N–H and O–H groups in total. The number of nitrogens with one attached hydrogen (secondary N) is 2. The first kappa shape index (κ1) is 17.0. The number of thiazole rings is 1. The second-order valence-corrected chi connectivity index (χ2v) is 6.64. The minimum absolute atomic E-state index is 0.0687. The highest BCUT2D eigenvalue weighted by molar-refractivity contribution is 7.14. The molecular weight excluding hydrogens is 338 g/mol. The maximum Gasteiger partial charge on any atom is 0.251 e. The molecule has 0 saturated heterocycles. The summed E-state index contributed by atoms with van der Waals surface area (Å²) in [7, 11) is 0. The minimum Gasteiger partial charge on any atom is -0.349 e. The first-order valence-corrected chi connectivity index (χ1v) is 8.75. The fraction of sp³-hybridized carbons (Fsp3) is 0.222. The number of aromatic nitrogens is 1. The number of hydrogen-bond donors (Lipinski definition) is 2. The number of carbonyl (C=O) groups excluding carboxylic acids is 3. The Hall–Kier alpha value is -2.80. The van der Waals surface area contributed by atoms with Crippen molar-refractivity contribution < 1.29 is 14.4 Å². The van der Waals surface area contributed by atoms with Gasteiger partial charge in [0.05, 0.1) is 0 Å². The van der Waals surface area contributed by atoms with Crippen LogP contribution in [0.15, 0.2) is 35.7 Å². The van der Waals surface area contributed by atoms with Crippen LogP contribution in [0.4, 0.5) is 5.13 Å². The van der Waals surface area contributed by atoms with Crippen LogP contribution in [0.3, 0.4) is 0 Å². The molecule has 0 aliphatic heterocycles. The second-order valence-electron chi connectivity index (χ2n) is 5.79. The van der Waals surface area contributed by atoms with Crippen LogP contribution in [0, 0.1) is 0 Å². The van der Waals surface area contributed by atoms with Crippen LogP contribution in [-0.2, 0) is 4.79 Å². The zero-order chi connectivity index (χ0) is 17.8. The van der Waals surface area contributed by atoms with Gasteiger partial charge in [-0.3, -0.25) is 19.7 Å². The van der Waals surface area contributed by atoms with Crippen LogP contribution in [0.25, 0.3) is 6.08 Å². The monoisotopic (exact) mass is 355 g/mol. The zero-order valence-electron chi connectivity index (χ0n) is 13.6. The number of anilines is 1. The van der Waals surface area contributed by atoms with Gasteiger partial charge in [0.15, 0.2) is 10.9 Å². The Kier molecular flexibility index (Phi) is 5.04. The van der Waals surface area contributed by atoms with Crippen molar-refractivity contribution in [2.45, 2.75) is 25.8 Å². The van der Waals surface area contributed by atoms with E-state index in [9.17, 15) is 14.4 Å². The average Bonchev–Trinajstić information content (AvgIpc) is 3.28. The van der Waals surface area contributed by atoms with E-state index in [-0.39, 0.29) is 17.6 Å². The number of amides is 2. The predicted octanol–water partition coefficient (Wildman–Crippen LogP) is 2.89. The molecule has 1 aromatic heterocycles. The smallest absolute Gasteiger partial charge is 0.251 e. The summed E-state index contributed by atoms with van der Waals surface area (Å²) in [6, 6.07) is 7.35. The maximum atomic E-state index is 11.9. The van der Waals surface area contributed by atoms with E-state index in [4.69, 9.17) is 0 Å². The summed E-state index contributed by atoms with van der Waals surface area (Å²) >= 11 is 1.20. The lowest BCUT2D eigenvalue weighted by Gasteiger charge is -2.03. The molecule has 7 heteroatoms. The highest BCUT2D eigenvalue weighted by atomic mass is 32.1. The van der Waals surface area contributed by atoms with Gasteiger partial charge in [-0.2, -0.15) is 0 Å². The molecule has 1 saturated carbocycles. The fourth-order valence-corrected chi connectivity index (χ4v) is 2.81. The standard InChI is InChI=1S/C18H17N3O3S/c1-11(22)15-10-25-18(20-15)21-16(23)9-4-12-2-5-13(6-3-12)17(24)19-14-7-8-14/h2-6,9-10,14H,7-8H2,1H3,(H,19,24)(H,20,21,23)/b9-4+. The number of hydrogen-bond acceptors (Lipinski definition) is 5. The molecule has 1 aliphatic carbocycles. The Morgan fingerprint density at radius 1 is 1.20 bits per heavy atom. The molecule has 0 atom stereocenters. The number of benzene rings is 1. The third kappa shape index (κ3) is 4.84. The van der Waals surface area contributed by atoms with Gasteiger partial charge in [-0.25, -0.2) is 4.98 Å². The normalized spacial score (nSPS) is 13.6. The molecule has 1 aromatic carbocycles. The molecule has 0 radical (unpaired) electrons. The predicted molar refractivity (Wildman–Crippen MR) is 96.7 cm³/mol. The Balaban J connectivity index is 1.55. The Labute approximate surface area is 149 Å². The summed E-state index contributed by atoms with van der Waals surface area (Å²) in [6.07, 6.45) is 5.13. The van der Waals surface area contributed by atoms with Crippen molar-refractivity contribution in [3.8, 4) is 0 Å². The van der Waals surface area contributed by atoms with Gasteiger partial charge < -0.3 is 5.32 Å². The van der Waals surface area contributed by atoms with Crippen molar-refractivity contribution in [1.82, 2.24) is 10.3 Å². The van der Waals surface area contributed by atoms with E-state index in [0.717, 1.165) is 18.4 Å². The topological polar surface area (TPSA) is 88.2 Å². The molecule has 1 heterocycles. The van der Waals surface area contributed by atoms with Crippen molar-refractivity contribution in [3.05, 3.63) is 52.5 Å². The van der Waals surface area contributed by atoms with Gasteiger partial charge in [0.25, 0.3) is 5.91 Å². The van der Waals surface area contributed by atoms with Crippen LogP contribution in [0.5, 0.6) is 0 Å². The van der Waals surface area contributed by atoms with Gasteiger partial charge in [0.2, 0.25) is 5.91 Å². The highest BCUT2D eigenvalue weighted by Gasteiger charge is 2.23. The molecule has 25 heavy (non-hydrogen) atoms. The maximum absolute atomic E-state index is 11.9. The van der Waals surface area contributed by atoms with Crippen LogP contribution >= 0.6 is 11.3 Å². The average molecular weight is 355 g/mol. The number of ketones is 1. The van der Waals surface area contributed by atoms with Crippen molar-refractivity contribution >= 4 is 40.1 Å². The molecule has 0 spiro atoms. The van der Waals surface area contributed by atoms with E-state index in [1.165, 1.54) is 24.3 Å². The van der Waals surface area contributed by atoms with Crippen LogP contribution < -0.4 is 10.6 Å². The van der Waals surface area contributed by atoms with E-state index in [1.54, 1.807) is 35.7 Å². The van der Waals surface area contributed by atoms with E-state index in [1.807, 2.05) is 0 Å². The van der Waals surface area contributed by atoms with Gasteiger partial charge in [0, 0.05) is 30.0 Å². The summed E-state index contributed by atoms with van der Waals surface area (Å²) in [5.74, 6) is -0.543. The molecule has 6 nitrogen and oxygen atoms in total. The minimum atomic E-state index is -0.333. The van der Waals surface area contributed by atoms with Gasteiger partial charge >= 0.3 is 0 Å². The van der Waals surface area contributed by atoms with E-state index >= 15 is 0 Å². The SMILES string of the molecule is CC(=O)c1csc(NC(=O)/C=C/c2ccc(C(=O)NC3CC3)cc2)n1. The highest BCUT2D eigenvalue weighted by Crippen LogP contribution is 2.19. The molecule has 2 aromatic rings. The van der Waals surface area contributed by atoms with Gasteiger partial charge in [-0.1, -0.05) is 12.1 Å². The van der Waals surface area contributed by atoms with Crippen LogP contribution in [0.1, 0.15) is 46.2 Å². The summed E-state index contributed by atoms with van der Waals surface area (Å²) in [6.45, 7) is 1.43. The number of rotatable bonds is 6. The summed E-state index contributed by atoms with van der Waals surface area (Å²) < 4.78 is 0. The van der Waals surface area contributed by atoms with Crippen LogP contribution in [0.2, 0.25) is 0 Å².